The second-order valence-electron chi connectivity index (χ2n) is 16.1. The van der Waals surface area contributed by atoms with Crippen molar-refractivity contribution in [1.82, 2.24) is 4.57 Å². The molecule has 0 fully saturated rings. The predicted molar refractivity (Wildman–Crippen MR) is 270 cm³/mol. The zero-order valence-electron chi connectivity index (χ0n) is 34.8. The summed E-state index contributed by atoms with van der Waals surface area (Å²) in [5.74, 6) is 0. The van der Waals surface area contributed by atoms with Gasteiger partial charge in [0.25, 0.3) is 0 Å². The van der Waals surface area contributed by atoms with Crippen LogP contribution < -0.4 is 22.5 Å². The van der Waals surface area contributed by atoms with Gasteiger partial charge in [0.15, 0.2) is 0 Å². The number of nitrogens with zero attached hydrogens (tertiary/aromatic N) is 2. The van der Waals surface area contributed by atoms with Gasteiger partial charge in [0.1, 0.15) is 0 Å². The van der Waals surface area contributed by atoms with Crippen LogP contribution in [0.4, 0.5) is 17.1 Å². The van der Waals surface area contributed by atoms with Gasteiger partial charge >= 0.3 is 314 Å². The van der Waals surface area contributed by atoms with Crippen molar-refractivity contribution in [2.24, 2.45) is 0 Å². The van der Waals surface area contributed by atoms with Gasteiger partial charge in [-0.2, -0.15) is 0 Å². The van der Waals surface area contributed by atoms with Gasteiger partial charge in [-0.05, 0) is 11.1 Å². The van der Waals surface area contributed by atoms with E-state index in [0.29, 0.717) is 0 Å². The first-order valence-corrected chi connectivity index (χ1v) is 25.9. The summed E-state index contributed by atoms with van der Waals surface area (Å²) in [7, 11) is 0. The monoisotopic (exact) mass is 866 g/mol. The number of hydrogen-bond donors (Lipinski definition) is 0. The summed E-state index contributed by atoms with van der Waals surface area (Å²) in [4.78, 5) is 2.42. The van der Waals surface area contributed by atoms with E-state index in [-0.39, 0.29) is 0 Å². The van der Waals surface area contributed by atoms with Crippen LogP contribution in [0.5, 0.6) is 0 Å². The third-order valence-corrected chi connectivity index (χ3v) is 22.6. The maximum absolute atomic E-state index is 3.46. The summed E-state index contributed by atoms with van der Waals surface area (Å²) >= 11 is -3.46. The van der Waals surface area contributed by atoms with Gasteiger partial charge in [0.05, 0.1) is 0 Å². The number of fused-ring (bicyclic) bond motifs is 3. The van der Waals surface area contributed by atoms with Crippen LogP contribution in [0.3, 0.4) is 0 Å². The van der Waals surface area contributed by atoms with E-state index in [2.05, 4.69) is 276 Å². The first-order valence-electron chi connectivity index (χ1n) is 21.7. The minimum atomic E-state index is -3.46. The van der Waals surface area contributed by atoms with E-state index in [1.54, 1.807) is 0 Å². The van der Waals surface area contributed by atoms with Crippen molar-refractivity contribution in [3.05, 3.63) is 267 Å². The summed E-state index contributed by atoms with van der Waals surface area (Å²) in [5.41, 5.74) is 11.6. The Kier molecular flexibility index (Phi) is 10.1. The molecule has 3 heteroatoms. The van der Waals surface area contributed by atoms with Crippen molar-refractivity contribution in [2.45, 2.75) is 0 Å². The van der Waals surface area contributed by atoms with E-state index in [4.69, 9.17) is 0 Å². The van der Waals surface area contributed by atoms with Crippen LogP contribution in [0.2, 0.25) is 0 Å². The number of para-hydroxylation sites is 1. The molecule has 0 bridgehead atoms. The molecule has 0 aliphatic carbocycles. The van der Waals surface area contributed by atoms with E-state index >= 15 is 0 Å². The summed E-state index contributed by atoms with van der Waals surface area (Å²) in [5, 5.41) is 2.44. The Bertz CT molecular complexity index is 3180. The summed E-state index contributed by atoms with van der Waals surface area (Å²) in [6.45, 7) is 0. The average Bonchev–Trinajstić information content (AvgIpc) is 3.70. The van der Waals surface area contributed by atoms with Crippen molar-refractivity contribution in [3.63, 3.8) is 0 Å². The second-order valence-corrected chi connectivity index (χ2v) is 24.1. The fourth-order valence-electron chi connectivity index (χ4n) is 9.62. The number of aromatic nitrogens is 1. The molecule has 0 radical (unpaired) electrons. The Morgan fingerprint density at radius 3 is 1.14 bits per heavy atom. The molecule has 1 heterocycles. The molecule has 0 saturated carbocycles. The van der Waals surface area contributed by atoms with Crippen LogP contribution in [0, 0.1) is 0 Å². The van der Waals surface area contributed by atoms with Crippen LogP contribution in [-0.4, -0.2) is 17.8 Å². The topological polar surface area (TPSA) is 8.17 Å². The fourth-order valence-corrected chi connectivity index (χ4v) is 19.6. The van der Waals surface area contributed by atoms with Crippen molar-refractivity contribution < 1.29 is 0 Å². The van der Waals surface area contributed by atoms with Gasteiger partial charge in [-0.15, -0.1) is 0 Å². The quantitative estimate of drug-likeness (QED) is 0.124. The fraction of sp³-hybridized carbons (Fsp3) is 0. The van der Waals surface area contributed by atoms with Crippen LogP contribution in [0.25, 0.3) is 49.7 Å². The van der Waals surface area contributed by atoms with Gasteiger partial charge in [-0.25, -0.2) is 0 Å². The zero-order chi connectivity index (χ0) is 42.0. The third kappa shape index (κ3) is 6.95. The van der Waals surface area contributed by atoms with Gasteiger partial charge in [0.2, 0.25) is 0 Å². The molecule has 0 spiro atoms. The van der Waals surface area contributed by atoms with E-state index in [1.165, 1.54) is 61.6 Å². The molecular weight excluding hydrogens is 821 g/mol. The van der Waals surface area contributed by atoms with Crippen molar-refractivity contribution in [3.8, 4) is 27.9 Å². The third-order valence-electron chi connectivity index (χ3n) is 12.6. The van der Waals surface area contributed by atoms with Crippen molar-refractivity contribution in [1.29, 1.82) is 0 Å². The van der Waals surface area contributed by atoms with Gasteiger partial charge in [-0.1, -0.05) is 48.5 Å². The average molecular weight is 866 g/mol. The molecule has 11 rings (SSSR count). The summed E-state index contributed by atoms with van der Waals surface area (Å²) < 4.78 is 8.02. The minimum absolute atomic E-state index is 1.10. The molecule has 0 atom stereocenters. The molecular formula is C60H44GeN2. The van der Waals surface area contributed by atoms with Crippen molar-refractivity contribution >= 4 is 69.7 Å². The Hall–Kier alpha value is -7.66. The summed E-state index contributed by atoms with van der Waals surface area (Å²) in [6.07, 6.45) is 0. The van der Waals surface area contributed by atoms with Crippen LogP contribution in [0.15, 0.2) is 267 Å². The van der Waals surface area contributed by atoms with Crippen LogP contribution >= 0.6 is 0 Å². The standard InChI is InChI=1S/C60H44GeN2/c1-6-18-45(19-7-1)47-30-36-53(37-31-47)62(54-40-34-52(35-41-54)61(49-22-10-3-11-23-49,50-24-12-4-13-25-50)51-26-14-5-15-27-51)56-42-43-60-58(44-56)57-28-16-17-29-59(57)63(60)55-38-32-48(33-39-55)46-20-8-2-9-21-46/h1-44H. The molecule has 2 nitrogen and oxygen atoms in total. The zero-order valence-corrected chi connectivity index (χ0v) is 36.9. The van der Waals surface area contributed by atoms with Crippen LogP contribution in [0.1, 0.15) is 0 Å². The Balaban J connectivity index is 1.07. The number of hydrogen-bond acceptors (Lipinski definition) is 1. The Morgan fingerprint density at radius 1 is 0.270 bits per heavy atom. The molecule has 0 saturated heterocycles. The predicted octanol–water partition coefficient (Wildman–Crippen LogP) is 13.0. The first kappa shape index (κ1) is 38.3. The van der Waals surface area contributed by atoms with Gasteiger partial charge < -0.3 is 0 Å². The van der Waals surface area contributed by atoms with Crippen LogP contribution in [-0.2, 0) is 0 Å². The molecule has 0 N–H and O–H groups in total. The number of anilines is 3. The van der Waals surface area contributed by atoms with Crippen molar-refractivity contribution in [2.75, 3.05) is 4.90 Å². The molecule has 63 heavy (non-hydrogen) atoms. The molecule has 298 valence electrons. The Labute approximate surface area is 372 Å². The molecule has 0 aliphatic rings. The SMILES string of the molecule is c1ccc(-c2ccc(N(c3cc[c]([Ge]([c]4ccccc4)([c]4ccccc4)[c]4ccccc4)cc3)c3ccc4c(c3)c3ccccc3n4-c3ccc(-c4ccccc4)cc3)cc2)cc1. The van der Waals surface area contributed by atoms with Gasteiger partial charge in [0, 0.05) is 0 Å². The first-order chi connectivity index (χ1) is 31.3. The van der Waals surface area contributed by atoms with Gasteiger partial charge in [-0.3, -0.25) is 0 Å². The second kappa shape index (κ2) is 16.7. The maximum atomic E-state index is 2.42. The van der Waals surface area contributed by atoms with E-state index in [1.807, 2.05) is 0 Å². The molecule has 0 aliphatic heterocycles. The Morgan fingerprint density at radius 2 is 0.635 bits per heavy atom. The molecule has 0 amide bonds. The number of benzene rings is 10. The molecule has 1 aromatic heterocycles. The molecule has 0 unspecified atom stereocenters. The molecule has 10 aromatic carbocycles. The number of rotatable bonds is 10. The van der Waals surface area contributed by atoms with E-state index in [9.17, 15) is 0 Å². The summed E-state index contributed by atoms with van der Waals surface area (Å²) in [6, 6.07) is 98.1. The normalized spacial score (nSPS) is 11.5. The van der Waals surface area contributed by atoms with E-state index in [0.717, 1.165) is 22.7 Å². The molecule has 11 aromatic rings. The van der Waals surface area contributed by atoms with E-state index < -0.39 is 13.3 Å².